The van der Waals surface area contributed by atoms with Gasteiger partial charge in [0, 0.05) is 13.1 Å². The summed E-state index contributed by atoms with van der Waals surface area (Å²) in [6, 6.07) is 6.22. The molecule has 0 aliphatic carbocycles. The summed E-state index contributed by atoms with van der Waals surface area (Å²) in [7, 11) is 0. The molecule has 5 heteroatoms. The fourth-order valence-corrected chi connectivity index (χ4v) is 3.23. The molecule has 0 radical (unpaired) electrons. The maximum Gasteiger partial charge on any atom is 0.428 e. The monoisotopic (exact) mass is 332 g/mol. The molecule has 1 fully saturated rings. The number of aryl methyl sites for hydroxylation is 2. The first-order valence-corrected chi connectivity index (χ1v) is 8.96. The van der Waals surface area contributed by atoms with Crippen molar-refractivity contribution in [2.75, 3.05) is 19.7 Å². The van der Waals surface area contributed by atoms with Crippen molar-refractivity contribution in [1.29, 1.82) is 0 Å². The molecular weight excluding hydrogens is 304 g/mol. The van der Waals surface area contributed by atoms with E-state index in [1.165, 1.54) is 16.1 Å². The predicted octanol–water partition coefficient (Wildman–Crippen LogP) is 3.35. The second kappa shape index (κ2) is 8.71. The van der Waals surface area contributed by atoms with Gasteiger partial charge in [-0.2, -0.15) is 0 Å². The lowest BCUT2D eigenvalue weighted by atomic mass is 9.95. The summed E-state index contributed by atoms with van der Waals surface area (Å²) in [5, 5.41) is 3.04. The van der Waals surface area contributed by atoms with Crippen molar-refractivity contribution in [1.82, 2.24) is 10.0 Å². The Morgan fingerprint density at radius 2 is 1.58 bits per heavy atom. The second-order valence-electron chi connectivity index (χ2n) is 5.98. The van der Waals surface area contributed by atoms with E-state index in [1.807, 2.05) is 0 Å². The van der Waals surface area contributed by atoms with Gasteiger partial charge in [-0.05, 0) is 49.3 Å². The minimum Gasteiger partial charge on any atom is -0.448 e. The Kier molecular flexibility index (Phi) is 6.64. The Labute approximate surface area is 144 Å². The molecule has 24 heavy (non-hydrogen) atoms. The van der Waals surface area contributed by atoms with E-state index in [0.717, 1.165) is 31.2 Å². The Morgan fingerprint density at radius 1 is 1.00 bits per heavy atom. The molecule has 0 bridgehead atoms. The fraction of sp³-hybridized carbons (Fsp3) is 0.579. The lowest BCUT2D eigenvalue weighted by Crippen LogP contribution is -2.53. The van der Waals surface area contributed by atoms with Gasteiger partial charge in [0.05, 0.1) is 13.0 Å². The number of carbonyl (C=O) groups is 2. The van der Waals surface area contributed by atoms with Gasteiger partial charge in [0.25, 0.3) is 0 Å². The molecule has 2 amide bonds. The van der Waals surface area contributed by atoms with Crippen molar-refractivity contribution in [3.63, 3.8) is 0 Å². The first-order chi connectivity index (χ1) is 11.6. The van der Waals surface area contributed by atoms with E-state index in [2.05, 4.69) is 32.0 Å². The average molecular weight is 332 g/mol. The van der Waals surface area contributed by atoms with Crippen molar-refractivity contribution >= 4 is 12.0 Å². The molecule has 5 nitrogen and oxygen atoms in total. The summed E-state index contributed by atoms with van der Waals surface area (Å²) in [5.41, 5.74) is 3.53. The molecular formula is C19H28N2O3. The zero-order chi connectivity index (χ0) is 17.5. The van der Waals surface area contributed by atoms with Crippen molar-refractivity contribution in [3.05, 3.63) is 34.9 Å². The van der Waals surface area contributed by atoms with Crippen LogP contribution in [-0.2, 0) is 28.8 Å². The normalized spacial score (nSPS) is 14.6. The summed E-state index contributed by atoms with van der Waals surface area (Å²) in [4.78, 5) is 25.0. The summed E-state index contributed by atoms with van der Waals surface area (Å²) >= 11 is 0. The van der Waals surface area contributed by atoms with Crippen LogP contribution in [0.15, 0.2) is 18.2 Å². The second-order valence-corrected chi connectivity index (χ2v) is 5.98. The molecule has 0 saturated carbocycles. The van der Waals surface area contributed by atoms with Gasteiger partial charge in [-0.15, -0.1) is 0 Å². The highest BCUT2D eigenvalue weighted by Gasteiger charge is 2.30. The van der Waals surface area contributed by atoms with Crippen LogP contribution < -0.4 is 0 Å². The third-order valence-corrected chi connectivity index (χ3v) is 4.51. The van der Waals surface area contributed by atoms with E-state index in [1.54, 1.807) is 11.9 Å². The van der Waals surface area contributed by atoms with Gasteiger partial charge in [-0.1, -0.05) is 32.0 Å². The molecule has 1 aliphatic heterocycles. The molecule has 0 N–H and O–H groups in total. The number of hydrogen-bond donors (Lipinski definition) is 0. The number of carbonyl (C=O) groups excluding carboxylic acids is 2. The van der Waals surface area contributed by atoms with Gasteiger partial charge in [0.2, 0.25) is 5.91 Å². The number of hydrogen-bond acceptors (Lipinski definition) is 3. The SMILES string of the molecule is CCOC(=O)N1CCCCN1C(=O)Cc1c(CC)cccc1CC. The summed E-state index contributed by atoms with van der Waals surface area (Å²) in [5.74, 6) is -0.0293. The van der Waals surface area contributed by atoms with Crippen LogP contribution in [0.2, 0.25) is 0 Å². The Bertz CT molecular complexity index is 564. The zero-order valence-corrected chi connectivity index (χ0v) is 15.0. The standard InChI is InChI=1S/C19H28N2O3/c1-4-15-10-9-11-16(5-2)17(15)14-18(22)20-12-7-8-13-21(20)19(23)24-6-3/h9-11H,4-8,12-14H2,1-3H3. The predicted molar refractivity (Wildman–Crippen MR) is 93.6 cm³/mol. The highest BCUT2D eigenvalue weighted by atomic mass is 16.6. The van der Waals surface area contributed by atoms with Gasteiger partial charge in [0.15, 0.2) is 0 Å². The van der Waals surface area contributed by atoms with Gasteiger partial charge >= 0.3 is 6.09 Å². The molecule has 2 rings (SSSR count). The lowest BCUT2D eigenvalue weighted by molar-refractivity contribution is -0.148. The summed E-state index contributed by atoms with van der Waals surface area (Å²) in [6.07, 6.45) is 3.52. The van der Waals surface area contributed by atoms with Gasteiger partial charge in [0.1, 0.15) is 0 Å². The van der Waals surface area contributed by atoms with Crippen molar-refractivity contribution in [3.8, 4) is 0 Å². The highest BCUT2D eigenvalue weighted by molar-refractivity contribution is 5.82. The van der Waals surface area contributed by atoms with Crippen molar-refractivity contribution in [2.24, 2.45) is 0 Å². The number of benzene rings is 1. The zero-order valence-electron chi connectivity index (χ0n) is 15.0. The van der Waals surface area contributed by atoms with Crippen LogP contribution in [0.25, 0.3) is 0 Å². The third kappa shape index (κ3) is 4.08. The van der Waals surface area contributed by atoms with Gasteiger partial charge < -0.3 is 4.74 Å². The van der Waals surface area contributed by atoms with E-state index in [4.69, 9.17) is 4.74 Å². The first-order valence-electron chi connectivity index (χ1n) is 8.96. The van der Waals surface area contributed by atoms with E-state index < -0.39 is 6.09 Å². The molecule has 1 saturated heterocycles. The Balaban J connectivity index is 2.20. The first kappa shape index (κ1) is 18.3. The van der Waals surface area contributed by atoms with Crippen LogP contribution in [-0.4, -0.2) is 41.7 Å². The van der Waals surface area contributed by atoms with Crippen LogP contribution in [0.1, 0.15) is 50.3 Å². The summed E-state index contributed by atoms with van der Waals surface area (Å²) in [6.45, 7) is 7.42. The van der Waals surface area contributed by atoms with E-state index >= 15 is 0 Å². The Hall–Kier alpha value is -2.04. The van der Waals surface area contributed by atoms with Gasteiger partial charge in [-0.3, -0.25) is 4.79 Å². The number of hydrazine groups is 1. The van der Waals surface area contributed by atoms with Crippen LogP contribution in [0.4, 0.5) is 4.79 Å². The molecule has 1 aromatic rings. The van der Waals surface area contributed by atoms with Crippen molar-refractivity contribution < 1.29 is 14.3 Å². The molecule has 1 aromatic carbocycles. The largest absolute Gasteiger partial charge is 0.448 e. The van der Waals surface area contributed by atoms with Gasteiger partial charge in [-0.25, -0.2) is 14.8 Å². The topological polar surface area (TPSA) is 49.9 Å². The minimum atomic E-state index is -0.426. The van der Waals surface area contributed by atoms with Crippen LogP contribution >= 0.6 is 0 Å². The number of amides is 2. The number of ether oxygens (including phenoxy) is 1. The number of rotatable bonds is 5. The van der Waals surface area contributed by atoms with Crippen LogP contribution in [0, 0.1) is 0 Å². The smallest absolute Gasteiger partial charge is 0.428 e. The highest BCUT2D eigenvalue weighted by Crippen LogP contribution is 2.20. The fourth-order valence-electron chi connectivity index (χ4n) is 3.23. The molecule has 132 valence electrons. The molecule has 1 aliphatic rings. The number of nitrogens with zero attached hydrogens (tertiary/aromatic N) is 2. The molecule has 0 spiro atoms. The average Bonchev–Trinajstić information content (AvgIpc) is 2.62. The Morgan fingerprint density at radius 3 is 2.12 bits per heavy atom. The van der Waals surface area contributed by atoms with Crippen molar-refractivity contribution in [2.45, 2.75) is 52.9 Å². The van der Waals surface area contributed by atoms with E-state index in [0.29, 0.717) is 26.1 Å². The molecule has 0 atom stereocenters. The molecule has 0 unspecified atom stereocenters. The third-order valence-electron chi connectivity index (χ3n) is 4.51. The van der Waals surface area contributed by atoms with E-state index in [-0.39, 0.29) is 5.91 Å². The maximum atomic E-state index is 12.9. The van der Waals surface area contributed by atoms with E-state index in [9.17, 15) is 9.59 Å². The minimum absolute atomic E-state index is 0.0293. The van der Waals surface area contributed by atoms with Crippen LogP contribution in [0.5, 0.6) is 0 Å². The maximum absolute atomic E-state index is 12.9. The van der Waals surface area contributed by atoms with Crippen LogP contribution in [0.3, 0.4) is 0 Å². The lowest BCUT2D eigenvalue weighted by Gasteiger charge is -2.37. The summed E-state index contributed by atoms with van der Waals surface area (Å²) < 4.78 is 5.09. The molecule has 0 aromatic heterocycles. The molecule has 1 heterocycles. The quantitative estimate of drug-likeness (QED) is 0.831.